The molecule has 5 aliphatic heterocycles. The summed E-state index contributed by atoms with van der Waals surface area (Å²) in [5.41, 5.74) is 6.67. The number of hydrogen-bond acceptors (Lipinski definition) is 6. The normalized spacial score (nSPS) is 18.7. The number of halogens is 1. The van der Waals surface area contributed by atoms with Gasteiger partial charge in [-0.1, -0.05) is 30.4 Å². The molecule has 0 saturated heterocycles. The van der Waals surface area contributed by atoms with E-state index in [2.05, 4.69) is 21.1 Å². The van der Waals surface area contributed by atoms with Crippen molar-refractivity contribution in [2.24, 2.45) is 20.0 Å². The van der Waals surface area contributed by atoms with Gasteiger partial charge in [0.05, 0.1) is 33.5 Å². The second-order valence-corrected chi connectivity index (χ2v) is 7.62. The van der Waals surface area contributed by atoms with Gasteiger partial charge in [-0.2, -0.15) is 0 Å². The van der Waals surface area contributed by atoms with Crippen LogP contribution in [0.3, 0.4) is 0 Å². The maximum Gasteiger partial charge on any atom is 0.237 e. The molecule has 7 nitrogen and oxygen atoms in total. The van der Waals surface area contributed by atoms with Crippen LogP contribution in [0.15, 0.2) is 128 Å². The standard InChI is InChI=1S/C26H14N5O2.ClH.Mn/c32-31(33)26-4-2-1-3-23(26)24-14-22-13-20-8-7-18(28-20)11-16-5-6-17(27-16)12-19-9-10-21(29-19)15-25(24)30-22;;/h1-13,15H;1H;/q-1;;. The Morgan fingerprint density at radius 3 is 1.86 bits per heavy atom. The number of benzene rings is 1. The van der Waals surface area contributed by atoms with Gasteiger partial charge in [-0.05, 0) is 65.6 Å². The van der Waals surface area contributed by atoms with Gasteiger partial charge >= 0.3 is 0 Å². The van der Waals surface area contributed by atoms with E-state index in [-0.39, 0.29) is 35.2 Å². The number of nitrogens with zero attached hydrogens (tertiary/aromatic N) is 5. The topological polar surface area (TPSA) is 92.6 Å². The van der Waals surface area contributed by atoms with Crippen LogP contribution >= 0.6 is 12.4 Å². The van der Waals surface area contributed by atoms with E-state index >= 15 is 0 Å². The number of fused-ring (bicyclic) bond motifs is 4. The molecule has 5 aliphatic rings. The van der Waals surface area contributed by atoms with Crippen molar-refractivity contribution in [3.63, 3.8) is 0 Å². The summed E-state index contributed by atoms with van der Waals surface area (Å²) >= 11 is 0. The molecule has 171 valence electrons. The van der Waals surface area contributed by atoms with E-state index in [0.717, 1.165) is 28.5 Å². The van der Waals surface area contributed by atoms with Crippen LogP contribution in [-0.2, 0) is 17.1 Å². The number of para-hydroxylation sites is 1. The van der Waals surface area contributed by atoms with Crippen molar-refractivity contribution < 1.29 is 22.0 Å². The van der Waals surface area contributed by atoms with Crippen LogP contribution < -0.4 is 0 Å². The first-order valence-electron chi connectivity index (χ1n) is 10.2. The van der Waals surface area contributed by atoms with E-state index in [0.29, 0.717) is 28.3 Å². The van der Waals surface area contributed by atoms with Crippen molar-refractivity contribution in [3.8, 4) is 0 Å². The van der Waals surface area contributed by atoms with E-state index < -0.39 is 4.92 Å². The molecule has 0 saturated carbocycles. The molecular weight excluding hydrogens is 505 g/mol. The summed E-state index contributed by atoms with van der Waals surface area (Å²) in [7, 11) is 0. The first kappa shape index (κ1) is 24.2. The van der Waals surface area contributed by atoms with E-state index in [1.807, 2.05) is 54.7 Å². The molecule has 6 rings (SSSR count). The fourth-order valence-corrected chi connectivity index (χ4v) is 3.88. The molecule has 0 aromatic heterocycles. The third-order valence-corrected chi connectivity index (χ3v) is 5.33. The van der Waals surface area contributed by atoms with Crippen molar-refractivity contribution >= 4 is 46.5 Å². The van der Waals surface area contributed by atoms with Gasteiger partial charge in [0.2, 0.25) is 5.69 Å². The number of aliphatic imine (C=N–C) groups is 4. The number of rotatable bonds is 2. The number of nitro benzene ring substituents is 1. The SMILES string of the molecule is Cl.O=[N+]([O-])c1ccccc1C1=[C-]C2=NC1=CC1=NC(=CC3=NC(=CC4=NC(=C2)C=C4)C=C3)C=C1.[Mn]. The van der Waals surface area contributed by atoms with E-state index in [4.69, 9.17) is 4.99 Å². The van der Waals surface area contributed by atoms with Crippen LogP contribution in [0.1, 0.15) is 5.56 Å². The average molecular weight is 520 g/mol. The second kappa shape index (κ2) is 9.72. The Kier molecular flexibility index (Phi) is 6.71. The fraction of sp³-hybridized carbons (Fsp3) is 0. The molecule has 0 fully saturated rings. The second-order valence-electron chi connectivity index (χ2n) is 7.62. The summed E-state index contributed by atoms with van der Waals surface area (Å²) in [6.45, 7) is 0. The molecule has 5 heterocycles. The first-order chi connectivity index (χ1) is 16.1. The molecular formula is C26H15ClMnN5O2-. The van der Waals surface area contributed by atoms with E-state index in [1.54, 1.807) is 24.3 Å². The summed E-state index contributed by atoms with van der Waals surface area (Å²) in [6.07, 6.45) is 22.1. The number of allylic oxidation sites excluding steroid dienone is 12. The maximum absolute atomic E-state index is 11.6. The van der Waals surface area contributed by atoms with Gasteiger partial charge in [0.25, 0.3) is 0 Å². The zero-order chi connectivity index (χ0) is 22.4. The van der Waals surface area contributed by atoms with Gasteiger partial charge in [0.1, 0.15) is 0 Å². The molecule has 0 spiro atoms. The van der Waals surface area contributed by atoms with Crippen LogP contribution in [0.4, 0.5) is 5.69 Å². The van der Waals surface area contributed by atoms with Crippen molar-refractivity contribution in [1.29, 1.82) is 0 Å². The Balaban J connectivity index is 0.00000144. The molecule has 0 N–H and O–H groups in total. The number of nitro groups is 1. The summed E-state index contributed by atoms with van der Waals surface area (Å²) in [4.78, 5) is 29.8. The molecule has 1 radical (unpaired) electrons. The average Bonchev–Trinajstić information content (AvgIpc) is 3.59. The van der Waals surface area contributed by atoms with Gasteiger partial charge in [-0.25, -0.2) is 9.98 Å². The fourth-order valence-electron chi connectivity index (χ4n) is 3.88. The summed E-state index contributed by atoms with van der Waals surface area (Å²) in [5.74, 6) is 0. The third-order valence-electron chi connectivity index (χ3n) is 5.33. The Morgan fingerprint density at radius 1 is 0.714 bits per heavy atom. The largest absolute Gasteiger partial charge is 0.317 e. The zero-order valence-electron chi connectivity index (χ0n) is 17.9. The van der Waals surface area contributed by atoms with Gasteiger partial charge in [-0.15, -0.1) is 24.1 Å². The van der Waals surface area contributed by atoms with E-state index in [1.165, 1.54) is 6.07 Å². The molecule has 35 heavy (non-hydrogen) atoms. The van der Waals surface area contributed by atoms with Crippen molar-refractivity contribution in [2.45, 2.75) is 0 Å². The quantitative estimate of drug-likeness (QED) is 0.231. The molecule has 0 amide bonds. The van der Waals surface area contributed by atoms with E-state index in [9.17, 15) is 10.1 Å². The molecule has 9 heteroatoms. The maximum atomic E-state index is 11.6. The molecule has 0 aliphatic carbocycles. The predicted octanol–water partition coefficient (Wildman–Crippen LogP) is 5.24. The zero-order valence-corrected chi connectivity index (χ0v) is 19.9. The summed E-state index contributed by atoms with van der Waals surface area (Å²) in [5, 5.41) is 11.6. The molecule has 0 atom stereocenters. The van der Waals surface area contributed by atoms with Crippen molar-refractivity contribution in [3.05, 3.63) is 130 Å². The van der Waals surface area contributed by atoms with Gasteiger partial charge in [-0.3, -0.25) is 15.1 Å². The van der Waals surface area contributed by atoms with Crippen molar-refractivity contribution in [2.75, 3.05) is 0 Å². The molecule has 1 aromatic rings. The minimum atomic E-state index is -0.394. The first-order valence-corrected chi connectivity index (χ1v) is 10.2. The predicted molar refractivity (Wildman–Crippen MR) is 136 cm³/mol. The summed E-state index contributed by atoms with van der Waals surface area (Å²) in [6, 6.07) is 6.60. The Hall–Kier alpha value is -3.97. The summed E-state index contributed by atoms with van der Waals surface area (Å²) < 4.78 is 0. The van der Waals surface area contributed by atoms with Crippen LogP contribution in [0.5, 0.6) is 0 Å². The number of hydrogen-bond donors (Lipinski definition) is 0. The van der Waals surface area contributed by atoms with Gasteiger partial charge in [0.15, 0.2) is 0 Å². The Morgan fingerprint density at radius 2 is 1.26 bits per heavy atom. The molecule has 8 bridgehead atoms. The van der Waals surface area contributed by atoms with Gasteiger partial charge in [0, 0.05) is 28.8 Å². The van der Waals surface area contributed by atoms with Crippen LogP contribution in [0, 0.1) is 16.2 Å². The Labute approximate surface area is 217 Å². The molecule has 1 aromatic carbocycles. The minimum absolute atomic E-state index is 0. The van der Waals surface area contributed by atoms with Crippen LogP contribution in [0.25, 0.3) is 5.57 Å². The smallest absolute Gasteiger partial charge is 0.237 e. The Bertz CT molecular complexity index is 1530. The van der Waals surface area contributed by atoms with Crippen molar-refractivity contribution in [1.82, 2.24) is 0 Å². The van der Waals surface area contributed by atoms with Gasteiger partial charge < -0.3 is 4.99 Å². The third kappa shape index (κ3) is 4.81. The molecule has 0 unspecified atom stereocenters. The van der Waals surface area contributed by atoms with Crippen LogP contribution in [-0.4, -0.2) is 27.8 Å². The van der Waals surface area contributed by atoms with Crippen LogP contribution in [0.2, 0.25) is 0 Å². The minimum Gasteiger partial charge on any atom is -0.317 e. The monoisotopic (exact) mass is 519 g/mol.